The minimum atomic E-state index is -4.50. The van der Waals surface area contributed by atoms with Crippen molar-refractivity contribution in [1.82, 2.24) is 24.6 Å². The number of nitrogens with zero attached hydrogens (tertiary/aromatic N) is 5. The first-order chi connectivity index (χ1) is 19.0. The standard InChI is InChI=1S/C27H31F3N6O3S/c1-31-25(38)19-14-22(37)36(21-13-17(39-4)5-6-18(19)21)12-11-35-9-7-16(8-10-35)33(2)23-15-20-24(27(28,29)30)32-34(3)26(20)40-23/h5-6,13-16H,7-12H2,1-4H3,(H,31,38). The van der Waals surface area contributed by atoms with Gasteiger partial charge in [-0.1, -0.05) is 11.3 Å². The highest BCUT2D eigenvalue weighted by Crippen LogP contribution is 2.41. The molecule has 214 valence electrons. The molecule has 0 spiro atoms. The third-order valence-corrected chi connectivity index (χ3v) is 8.94. The lowest BCUT2D eigenvalue weighted by molar-refractivity contribution is -0.140. The fourth-order valence-electron chi connectivity index (χ4n) is 5.40. The van der Waals surface area contributed by atoms with Gasteiger partial charge in [-0.3, -0.25) is 14.3 Å². The van der Waals surface area contributed by atoms with Gasteiger partial charge in [0.15, 0.2) is 5.69 Å². The number of benzene rings is 1. The Kier molecular flexibility index (Phi) is 7.53. The molecule has 1 N–H and O–H groups in total. The molecule has 0 bridgehead atoms. The molecular weight excluding hydrogens is 545 g/mol. The second-order valence-corrected chi connectivity index (χ2v) is 11.0. The molecule has 5 rings (SSSR count). The number of halogens is 3. The minimum Gasteiger partial charge on any atom is -0.497 e. The molecule has 0 unspecified atom stereocenters. The van der Waals surface area contributed by atoms with E-state index in [2.05, 4.69) is 20.2 Å². The Balaban J connectivity index is 1.28. The van der Waals surface area contributed by atoms with Crippen molar-refractivity contribution in [2.75, 3.05) is 45.7 Å². The van der Waals surface area contributed by atoms with E-state index in [0.717, 1.165) is 30.9 Å². The summed E-state index contributed by atoms with van der Waals surface area (Å²) >= 11 is 1.32. The predicted molar refractivity (Wildman–Crippen MR) is 150 cm³/mol. The normalized spacial score (nSPS) is 15.2. The molecule has 1 aromatic carbocycles. The van der Waals surface area contributed by atoms with E-state index in [4.69, 9.17) is 4.74 Å². The van der Waals surface area contributed by atoms with Crippen molar-refractivity contribution in [3.8, 4) is 5.75 Å². The Morgan fingerprint density at radius 3 is 2.55 bits per heavy atom. The zero-order valence-corrected chi connectivity index (χ0v) is 23.5. The van der Waals surface area contributed by atoms with Crippen molar-refractivity contribution in [2.45, 2.75) is 31.6 Å². The summed E-state index contributed by atoms with van der Waals surface area (Å²) in [5, 5.41) is 7.85. The van der Waals surface area contributed by atoms with Crippen LogP contribution in [0.3, 0.4) is 0 Å². The number of alkyl halides is 3. The quantitative estimate of drug-likeness (QED) is 0.359. The van der Waals surface area contributed by atoms with Crippen LogP contribution in [0.5, 0.6) is 5.75 Å². The number of methoxy groups -OCH3 is 1. The van der Waals surface area contributed by atoms with Crippen molar-refractivity contribution in [3.63, 3.8) is 0 Å². The Morgan fingerprint density at radius 1 is 1.18 bits per heavy atom. The molecule has 1 fully saturated rings. The van der Waals surface area contributed by atoms with E-state index in [9.17, 15) is 22.8 Å². The second-order valence-electron chi connectivity index (χ2n) is 9.97. The van der Waals surface area contributed by atoms with E-state index in [-0.39, 0.29) is 22.9 Å². The smallest absolute Gasteiger partial charge is 0.435 e. The summed E-state index contributed by atoms with van der Waals surface area (Å²) in [5.74, 6) is 0.271. The second kappa shape index (κ2) is 10.8. The van der Waals surface area contributed by atoms with Gasteiger partial charge in [-0.15, -0.1) is 0 Å². The van der Waals surface area contributed by atoms with Gasteiger partial charge in [0, 0.05) is 76.3 Å². The average molecular weight is 577 g/mol. The number of amides is 1. The minimum absolute atomic E-state index is 0.135. The highest BCUT2D eigenvalue weighted by atomic mass is 32.1. The van der Waals surface area contributed by atoms with Gasteiger partial charge in [0.25, 0.3) is 11.5 Å². The summed E-state index contributed by atoms with van der Waals surface area (Å²) in [6.45, 7) is 2.68. The number of rotatable bonds is 7. The van der Waals surface area contributed by atoms with E-state index in [1.54, 1.807) is 35.9 Å². The number of pyridine rings is 1. The number of ether oxygens (including phenoxy) is 1. The van der Waals surface area contributed by atoms with E-state index in [1.165, 1.54) is 36.2 Å². The van der Waals surface area contributed by atoms with Crippen LogP contribution in [0.25, 0.3) is 21.1 Å². The lowest BCUT2D eigenvalue weighted by Gasteiger charge is -2.37. The van der Waals surface area contributed by atoms with Gasteiger partial charge in [-0.05, 0) is 31.0 Å². The number of aryl methyl sites for hydroxylation is 1. The molecule has 0 aliphatic carbocycles. The Morgan fingerprint density at radius 2 is 1.90 bits per heavy atom. The van der Waals surface area contributed by atoms with Crippen molar-refractivity contribution in [3.05, 3.63) is 51.9 Å². The van der Waals surface area contributed by atoms with Crippen LogP contribution in [0.2, 0.25) is 0 Å². The predicted octanol–water partition coefficient (Wildman–Crippen LogP) is 3.94. The number of nitrogens with one attached hydrogen (secondary N) is 1. The van der Waals surface area contributed by atoms with Gasteiger partial charge in [0.1, 0.15) is 10.6 Å². The van der Waals surface area contributed by atoms with E-state index >= 15 is 0 Å². The van der Waals surface area contributed by atoms with Gasteiger partial charge >= 0.3 is 6.18 Å². The van der Waals surface area contributed by atoms with Crippen LogP contribution in [-0.4, -0.2) is 72.0 Å². The van der Waals surface area contributed by atoms with E-state index in [1.807, 2.05) is 7.05 Å². The Hall–Kier alpha value is -3.58. The van der Waals surface area contributed by atoms with Crippen LogP contribution in [0.4, 0.5) is 18.2 Å². The lowest BCUT2D eigenvalue weighted by Crippen LogP contribution is -2.44. The molecule has 4 heterocycles. The van der Waals surface area contributed by atoms with Crippen LogP contribution in [-0.2, 0) is 19.8 Å². The third kappa shape index (κ3) is 5.15. The van der Waals surface area contributed by atoms with E-state index < -0.39 is 11.9 Å². The molecule has 9 nitrogen and oxygen atoms in total. The first kappa shape index (κ1) is 28.0. The van der Waals surface area contributed by atoms with Crippen molar-refractivity contribution in [1.29, 1.82) is 0 Å². The zero-order chi connectivity index (χ0) is 28.8. The van der Waals surface area contributed by atoms with Gasteiger partial charge in [0.05, 0.1) is 23.2 Å². The number of aromatic nitrogens is 3. The fourth-order valence-corrected chi connectivity index (χ4v) is 6.51. The summed E-state index contributed by atoms with van der Waals surface area (Å²) < 4.78 is 48.6. The molecule has 1 aliphatic heterocycles. The fraction of sp³-hybridized carbons (Fsp3) is 0.444. The molecular formula is C27H31F3N6O3S. The summed E-state index contributed by atoms with van der Waals surface area (Å²) in [7, 11) is 6.55. The van der Waals surface area contributed by atoms with Gasteiger partial charge in [-0.2, -0.15) is 18.3 Å². The number of likely N-dealkylation sites (tertiary alicyclic amines) is 1. The summed E-state index contributed by atoms with van der Waals surface area (Å²) in [4.78, 5) is 30.3. The highest BCUT2D eigenvalue weighted by Gasteiger charge is 2.37. The largest absolute Gasteiger partial charge is 0.497 e. The molecule has 40 heavy (non-hydrogen) atoms. The van der Waals surface area contributed by atoms with E-state index in [0.29, 0.717) is 40.1 Å². The third-order valence-electron chi connectivity index (χ3n) is 7.65. The van der Waals surface area contributed by atoms with Crippen LogP contribution in [0.1, 0.15) is 28.9 Å². The number of hydrogen-bond donors (Lipinski definition) is 1. The molecule has 4 aromatic rings. The van der Waals surface area contributed by atoms with Gasteiger partial charge < -0.3 is 24.4 Å². The molecule has 0 saturated carbocycles. The number of hydrogen-bond acceptors (Lipinski definition) is 7. The molecule has 1 saturated heterocycles. The molecule has 1 aliphatic rings. The van der Waals surface area contributed by atoms with Crippen LogP contribution >= 0.6 is 11.3 Å². The first-order valence-electron chi connectivity index (χ1n) is 12.9. The number of piperidine rings is 1. The average Bonchev–Trinajstić information content (AvgIpc) is 3.51. The maximum Gasteiger partial charge on any atom is 0.435 e. The number of thiophene rings is 1. The maximum absolute atomic E-state index is 13.4. The maximum atomic E-state index is 13.4. The molecule has 3 aromatic heterocycles. The monoisotopic (exact) mass is 576 g/mol. The number of anilines is 1. The summed E-state index contributed by atoms with van der Waals surface area (Å²) in [6, 6.07) is 8.48. The van der Waals surface area contributed by atoms with Crippen LogP contribution in [0.15, 0.2) is 35.1 Å². The van der Waals surface area contributed by atoms with Crippen LogP contribution < -0.4 is 20.5 Å². The topological polar surface area (TPSA) is 84.6 Å². The van der Waals surface area contributed by atoms with Crippen molar-refractivity contribution < 1.29 is 22.7 Å². The van der Waals surface area contributed by atoms with Gasteiger partial charge in [-0.25, -0.2) is 0 Å². The molecule has 0 atom stereocenters. The number of carbonyl (C=O) groups is 1. The molecule has 13 heteroatoms. The highest BCUT2D eigenvalue weighted by molar-refractivity contribution is 7.22. The summed E-state index contributed by atoms with van der Waals surface area (Å²) in [5.41, 5.74) is -0.145. The number of fused-ring (bicyclic) bond motifs is 2. The van der Waals surface area contributed by atoms with Crippen molar-refractivity contribution in [2.24, 2.45) is 7.05 Å². The Labute approximate surface area is 232 Å². The molecule has 1 amide bonds. The zero-order valence-electron chi connectivity index (χ0n) is 22.7. The Bertz CT molecular complexity index is 1620. The molecule has 0 radical (unpaired) electrons. The first-order valence-corrected chi connectivity index (χ1v) is 13.8. The SMILES string of the molecule is CNC(=O)c1cc(=O)n(CCN2CCC(N(C)c3cc4c(C(F)(F)F)nn(C)c4s3)CC2)c2cc(OC)ccc12. The lowest BCUT2D eigenvalue weighted by atomic mass is 10.0. The summed E-state index contributed by atoms with van der Waals surface area (Å²) in [6.07, 6.45) is -2.81. The van der Waals surface area contributed by atoms with Gasteiger partial charge in [0.2, 0.25) is 0 Å². The van der Waals surface area contributed by atoms with Crippen LogP contribution in [0, 0.1) is 0 Å². The van der Waals surface area contributed by atoms with Crippen molar-refractivity contribution >= 4 is 43.4 Å². The number of carbonyl (C=O) groups excluding carboxylic acids is 1.